The van der Waals surface area contributed by atoms with E-state index in [-0.39, 0.29) is 16.6 Å². The molecule has 0 bridgehead atoms. The van der Waals surface area contributed by atoms with Crippen molar-refractivity contribution in [1.82, 2.24) is 9.62 Å². The molecular formula is C18H18ClN3O5S2. The van der Waals surface area contributed by atoms with Crippen LogP contribution in [0.15, 0.2) is 46.3 Å². The fourth-order valence-corrected chi connectivity index (χ4v) is 4.98. The Balaban J connectivity index is 1.58. The standard InChI is InChI=1S/C18H18ClN3O5S2/c1-11(20-17-13-5-3-4-6-14(13)29(25,26)21-17)18(24)27-10-16(23)22(2)9-12-7-8-15(19)28-12/h3-8,11H,9-10H2,1-2H3,(H,20,21)/t11-/m0/s1. The van der Waals surface area contributed by atoms with Gasteiger partial charge in [-0.1, -0.05) is 23.7 Å². The maximum absolute atomic E-state index is 12.2. The number of benzene rings is 1. The molecule has 1 aliphatic rings. The highest BCUT2D eigenvalue weighted by Gasteiger charge is 2.31. The predicted molar refractivity (Wildman–Crippen MR) is 110 cm³/mol. The Kier molecular flexibility index (Phi) is 6.25. The Labute approximate surface area is 177 Å². The first-order valence-electron chi connectivity index (χ1n) is 8.52. The van der Waals surface area contributed by atoms with Crippen LogP contribution in [-0.4, -0.2) is 50.7 Å². The zero-order valence-electron chi connectivity index (χ0n) is 15.6. The number of hydrogen-bond acceptors (Lipinski definition) is 7. The Morgan fingerprint density at radius 1 is 1.28 bits per heavy atom. The molecule has 1 N–H and O–H groups in total. The van der Waals surface area contributed by atoms with E-state index in [1.165, 1.54) is 29.2 Å². The lowest BCUT2D eigenvalue weighted by molar-refractivity contribution is -0.152. The Morgan fingerprint density at radius 2 is 2.00 bits per heavy atom. The lowest BCUT2D eigenvalue weighted by atomic mass is 10.2. The second kappa shape index (κ2) is 8.52. The number of ether oxygens (including phenoxy) is 1. The number of carbonyl (C=O) groups is 2. The van der Waals surface area contributed by atoms with Gasteiger partial charge in [-0.05, 0) is 31.2 Å². The van der Waals surface area contributed by atoms with Crippen LogP contribution in [-0.2, 0) is 30.9 Å². The molecule has 1 amide bonds. The highest BCUT2D eigenvalue weighted by Crippen LogP contribution is 2.23. The van der Waals surface area contributed by atoms with Crippen LogP contribution in [0, 0.1) is 0 Å². The number of nitrogens with zero attached hydrogens (tertiary/aromatic N) is 2. The molecule has 0 fully saturated rings. The molecular weight excluding hydrogens is 438 g/mol. The van der Waals surface area contributed by atoms with Crippen molar-refractivity contribution < 1.29 is 22.7 Å². The lowest BCUT2D eigenvalue weighted by Gasteiger charge is -2.16. The zero-order chi connectivity index (χ0) is 21.2. The smallest absolute Gasteiger partial charge is 0.331 e. The highest BCUT2D eigenvalue weighted by molar-refractivity contribution is 7.90. The number of rotatable bonds is 6. The van der Waals surface area contributed by atoms with Crippen molar-refractivity contribution in [1.29, 1.82) is 0 Å². The first-order chi connectivity index (χ1) is 13.7. The van der Waals surface area contributed by atoms with Crippen LogP contribution in [0.4, 0.5) is 0 Å². The number of aliphatic imine (C=N–C) groups is 1. The molecule has 29 heavy (non-hydrogen) atoms. The van der Waals surface area contributed by atoms with Gasteiger partial charge in [-0.15, -0.1) is 11.3 Å². The molecule has 0 spiro atoms. The minimum absolute atomic E-state index is 0.0723. The summed E-state index contributed by atoms with van der Waals surface area (Å²) >= 11 is 7.24. The molecule has 1 aliphatic heterocycles. The SMILES string of the molecule is C[C@H](N=C1NS(=O)(=O)c2ccccc21)C(=O)OCC(=O)N(C)Cc1ccc(Cl)s1. The summed E-state index contributed by atoms with van der Waals surface area (Å²) in [5.74, 6) is -1.04. The van der Waals surface area contributed by atoms with Crippen LogP contribution in [0.2, 0.25) is 4.34 Å². The lowest BCUT2D eigenvalue weighted by Crippen LogP contribution is -2.32. The van der Waals surface area contributed by atoms with Crippen molar-refractivity contribution in [2.45, 2.75) is 24.4 Å². The third-order valence-corrected chi connectivity index (χ3v) is 6.73. The molecule has 1 atom stereocenters. The quantitative estimate of drug-likeness (QED) is 0.671. The molecule has 1 aromatic carbocycles. The van der Waals surface area contributed by atoms with Crippen LogP contribution in [0.25, 0.3) is 0 Å². The Bertz CT molecular complexity index is 1080. The second-order valence-electron chi connectivity index (χ2n) is 6.32. The number of thiophene rings is 1. The van der Waals surface area contributed by atoms with Crippen molar-refractivity contribution in [3.8, 4) is 0 Å². The predicted octanol–water partition coefficient (Wildman–Crippen LogP) is 2.03. The molecule has 154 valence electrons. The van der Waals surface area contributed by atoms with E-state index in [0.717, 1.165) is 4.88 Å². The first-order valence-corrected chi connectivity index (χ1v) is 11.2. The summed E-state index contributed by atoms with van der Waals surface area (Å²) in [6.07, 6.45) is 0. The van der Waals surface area contributed by atoms with E-state index in [4.69, 9.17) is 16.3 Å². The number of likely N-dealkylation sites (N-methyl/N-ethyl adjacent to an activating group) is 1. The topological polar surface area (TPSA) is 105 Å². The van der Waals surface area contributed by atoms with E-state index < -0.39 is 28.6 Å². The van der Waals surface area contributed by atoms with E-state index in [9.17, 15) is 18.0 Å². The summed E-state index contributed by atoms with van der Waals surface area (Å²) in [5, 5.41) is 0. The fraction of sp³-hybridized carbons (Fsp3) is 0.278. The summed E-state index contributed by atoms with van der Waals surface area (Å²) < 4.78 is 32.2. The summed E-state index contributed by atoms with van der Waals surface area (Å²) in [6.45, 7) is 1.38. The van der Waals surface area contributed by atoms with Crippen molar-refractivity contribution >= 4 is 50.7 Å². The van der Waals surface area contributed by atoms with Crippen molar-refractivity contribution in [3.05, 3.63) is 51.2 Å². The van der Waals surface area contributed by atoms with Crippen molar-refractivity contribution in [2.24, 2.45) is 4.99 Å². The number of amidine groups is 1. The van der Waals surface area contributed by atoms with Crippen molar-refractivity contribution in [3.63, 3.8) is 0 Å². The number of esters is 1. The molecule has 11 heteroatoms. The molecule has 2 aromatic rings. The minimum Gasteiger partial charge on any atom is -0.454 e. The molecule has 2 heterocycles. The van der Waals surface area contributed by atoms with Gasteiger partial charge in [-0.25, -0.2) is 13.2 Å². The molecule has 3 rings (SSSR count). The number of sulfonamides is 1. The fourth-order valence-electron chi connectivity index (χ4n) is 2.60. The number of nitrogens with one attached hydrogen (secondary N) is 1. The summed E-state index contributed by atoms with van der Waals surface area (Å²) in [5.41, 5.74) is 0.387. The van der Waals surface area contributed by atoms with E-state index in [2.05, 4.69) is 9.71 Å². The largest absolute Gasteiger partial charge is 0.454 e. The maximum atomic E-state index is 12.2. The summed E-state index contributed by atoms with van der Waals surface area (Å²) in [4.78, 5) is 30.9. The van der Waals surface area contributed by atoms with Gasteiger partial charge in [0.15, 0.2) is 6.61 Å². The van der Waals surface area contributed by atoms with Gasteiger partial charge in [-0.3, -0.25) is 14.5 Å². The number of fused-ring (bicyclic) bond motifs is 1. The summed E-state index contributed by atoms with van der Waals surface area (Å²) in [6, 6.07) is 8.91. The number of halogens is 1. The average molecular weight is 456 g/mol. The van der Waals surface area contributed by atoms with Gasteiger partial charge in [0.25, 0.3) is 15.9 Å². The van der Waals surface area contributed by atoms with Crippen molar-refractivity contribution in [2.75, 3.05) is 13.7 Å². The molecule has 0 aliphatic carbocycles. The normalized spacial score (nSPS) is 16.7. The summed E-state index contributed by atoms with van der Waals surface area (Å²) in [7, 11) is -2.10. The van der Waals surface area contributed by atoms with Gasteiger partial charge < -0.3 is 9.64 Å². The zero-order valence-corrected chi connectivity index (χ0v) is 18.0. The van der Waals surface area contributed by atoms with Gasteiger partial charge in [0, 0.05) is 17.5 Å². The molecule has 0 saturated heterocycles. The number of carbonyl (C=O) groups excluding carboxylic acids is 2. The van der Waals surface area contributed by atoms with Gasteiger partial charge in [0.2, 0.25) is 0 Å². The molecule has 1 aromatic heterocycles. The number of amides is 1. The van der Waals surface area contributed by atoms with E-state index >= 15 is 0 Å². The van der Waals surface area contributed by atoms with Gasteiger partial charge >= 0.3 is 5.97 Å². The Hall–Kier alpha value is -2.43. The Morgan fingerprint density at radius 3 is 2.69 bits per heavy atom. The molecule has 0 saturated carbocycles. The highest BCUT2D eigenvalue weighted by atomic mass is 35.5. The van der Waals surface area contributed by atoms with E-state index in [1.807, 2.05) is 6.07 Å². The number of hydrogen-bond donors (Lipinski definition) is 1. The monoisotopic (exact) mass is 455 g/mol. The van der Waals surface area contributed by atoms with Crippen LogP contribution >= 0.6 is 22.9 Å². The third-order valence-electron chi connectivity index (χ3n) is 4.11. The van der Waals surface area contributed by atoms with Gasteiger partial charge in [-0.2, -0.15) is 0 Å². The van der Waals surface area contributed by atoms with Gasteiger partial charge in [0.1, 0.15) is 11.9 Å². The maximum Gasteiger partial charge on any atom is 0.331 e. The molecule has 8 nitrogen and oxygen atoms in total. The minimum atomic E-state index is -3.69. The average Bonchev–Trinajstić information content (AvgIpc) is 3.19. The van der Waals surface area contributed by atoms with Crippen LogP contribution < -0.4 is 4.72 Å². The van der Waals surface area contributed by atoms with E-state index in [1.54, 1.807) is 31.3 Å². The van der Waals surface area contributed by atoms with Crippen LogP contribution in [0.5, 0.6) is 0 Å². The molecule has 0 radical (unpaired) electrons. The van der Waals surface area contributed by atoms with Gasteiger partial charge in [0.05, 0.1) is 15.8 Å². The van der Waals surface area contributed by atoms with Crippen LogP contribution in [0.3, 0.4) is 0 Å². The van der Waals surface area contributed by atoms with Crippen LogP contribution in [0.1, 0.15) is 17.4 Å². The first kappa shape index (κ1) is 21.3. The molecule has 0 unspecified atom stereocenters. The van der Waals surface area contributed by atoms with E-state index in [0.29, 0.717) is 16.4 Å². The second-order valence-corrected chi connectivity index (χ2v) is 9.77. The third kappa shape index (κ3) is 4.95.